The third-order valence-corrected chi connectivity index (χ3v) is 6.24. The lowest BCUT2D eigenvalue weighted by Gasteiger charge is -2.36. The Balaban J connectivity index is 1.56. The summed E-state index contributed by atoms with van der Waals surface area (Å²) in [5, 5.41) is 5.84. The quantitative estimate of drug-likeness (QED) is 0.673. The number of allylic oxidation sites excluding steroid dienone is 1. The molecular formula is C24H26F3N3O. The zero-order valence-electron chi connectivity index (χ0n) is 17.1. The molecule has 4 rings (SSSR count). The van der Waals surface area contributed by atoms with Crippen LogP contribution in [0, 0.1) is 5.92 Å². The molecule has 0 spiro atoms. The van der Waals surface area contributed by atoms with E-state index in [-0.39, 0.29) is 18.2 Å². The van der Waals surface area contributed by atoms with Crippen molar-refractivity contribution in [3.8, 4) is 0 Å². The number of carbonyl (C=O) groups excluding carboxylic acids is 1. The Kier molecular flexibility index (Phi) is 6.05. The molecule has 4 N–H and O–H groups in total. The van der Waals surface area contributed by atoms with E-state index >= 15 is 0 Å². The van der Waals surface area contributed by atoms with Crippen molar-refractivity contribution in [2.45, 2.75) is 50.5 Å². The number of carbonyl (C=O) groups is 1. The monoisotopic (exact) mass is 429 g/mol. The van der Waals surface area contributed by atoms with Crippen LogP contribution < -0.4 is 16.4 Å². The van der Waals surface area contributed by atoms with E-state index in [4.69, 9.17) is 5.73 Å². The van der Waals surface area contributed by atoms with Crippen molar-refractivity contribution < 1.29 is 18.0 Å². The highest BCUT2D eigenvalue weighted by atomic mass is 19.4. The van der Waals surface area contributed by atoms with E-state index in [1.165, 1.54) is 11.6 Å². The largest absolute Gasteiger partial charge is 0.416 e. The molecule has 1 saturated carbocycles. The van der Waals surface area contributed by atoms with Crippen LogP contribution in [0.4, 0.5) is 13.2 Å². The van der Waals surface area contributed by atoms with E-state index < -0.39 is 18.0 Å². The van der Waals surface area contributed by atoms with Gasteiger partial charge in [0.15, 0.2) is 6.29 Å². The highest BCUT2D eigenvalue weighted by Crippen LogP contribution is 2.39. The first-order chi connectivity index (χ1) is 14.8. The van der Waals surface area contributed by atoms with Gasteiger partial charge in [-0.15, -0.1) is 0 Å². The predicted octanol–water partition coefficient (Wildman–Crippen LogP) is 4.44. The fraction of sp³-hybridized carbons (Fsp3) is 0.375. The Bertz CT molecular complexity index is 964. The summed E-state index contributed by atoms with van der Waals surface area (Å²) in [4.78, 5) is 12.7. The SMILES string of the molecule is NC1NC(=O)C(Cc2cccc(C(F)(F)F)c2)=C([C@H]2CC[C@H](c3ccccc3)CC2)N1. The number of hydrogen-bond acceptors (Lipinski definition) is 3. The zero-order chi connectivity index (χ0) is 22.0. The molecule has 164 valence electrons. The van der Waals surface area contributed by atoms with Crippen LogP contribution in [0.15, 0.2) is 65.9 Å². The van der Waals surface area contributed by atoms with Crippen LogP contribution >= 0.6 is 0 Å². The molecule has 1 fully saturated rings. The van der Waals surface area contributed by atoms with Crippen LogP contribution in [0.1, 0.15) is 48.3 Å². The molecule has 0 saturated heterocycles. The second kappa shape index (κ2) is 8.75. The summed E-state index contributed by atoms with van der Waals surface area (Å²) in [6.07, 6.45) is -1.20. The van der Waals surface area contributed by atoms with Crippen molar-refractivity contribution in [3.63, 3.8) is 0 Å². The van der Waals surface area contributed by atoms with Crippen molar-refractivity contribution in [3.05, 3.63) is 82.6 Å². The van der Waals surface area contributed by atoms with Gasteiger partial charge in [0.25, 0.3) is 5.91 Å². The van der Waals surface area contributed by atoms with Crippen LogP contribution in [0.5, 0.6) is 0 Å². The smallest absolute Gasteiger partial charge is 0.356 e. The highest BCUT2D eigenvalue weighted by Gasteiger charge is 2.33. The summed E-state index contributed by atoms with van der Waals surface area (Å²) in [6, 6.07) is 15.5. The summed E-state index contributed by atoms with van der Waals surface area (Å²) < 4.78 is 39.3. The molecule has 1 amide bonds. The van der Waals surface area contributed by atoms with Crippen LogP contribution in [-0.4, -0.2) is 12.2 Å². The van der Waals surface area contributed by atoms with Gasteiger partial charge in [0.05, 0.1) is 5.56 Å². The number of nitrogens with two attached hydrogens (primary N) is 1. The van der Waals surface area contributed by atoms with Gasteiger partial charge in [-0.05, 0) is 54.7 Å². The Morgan fingerprint density at radius 1 is 0.903 bits per heavy atom. The number of rotatable bonds is 4. The maximum atomic E-state index is 13.1. The maximum absolute atomic E-state index is 13.1. The molecule has 0 aromatic heterocycles. The molecule has 4 nitrogen and oxygen atoms in total. The first-order valence-corrected chi connectivity index (χ1v) is 10.6. The Morgan fingerprint density at radius 3 is 2.26 bits per heavy atom. The van der Waals surface area contributed by atoms with Crippen LogP contribution in [-0.2, 0) is 17.4 Å². The van der Waals surface area contributed by atoms with Crippen molar-refractivity contribution in [2.24, 2.45) is 11.7 Å². The van der Waals surface area contributed by atoms with Gasteiger partial charge in [-0.25, -0.2) is 0 Å². The lowest BCUT2D eigenvalue weighted by Crippen LogP contribution is -2.57. The number of amides is 1. The Hall–Kier alpha value is -2.80. The lowest BCUT2D eigenvalue weighted by molar-refractivity contribution is -0.137. The van der Waals surface area contributed by atoms with Gasteiger partial charge in [0, 0.05) is 17.7 Å². The fourth-order valence-corrected chi connectivity index (χ4v) is 4.68. The number of benzene rings is 2. The second-order valence-corrected chi connectivity index (χ2v) is 8.32. The van der Waals surface area contributed by atoms with Gasteiger partial charge >= 0.3 is 6.18 Å². The van der Waals surface area contributed by atoms with Gasteiger partial charge in [0.2, 0.25) is 0 Å². The van der Waals surface area contributed by atoms with Crippen LogP contribution in [0.25, 0.3) is 0 Å². The molecule has 2 aromatic carbocycles. The maximum Gasteiger partial charge on any atom is 0.416 e. The average Bonchev–Trinajstić information content (AvgIpc) is 2.76. The summed E-state index contributed by atoms with van der Waals surface area (Å²) in [7, 11) is 0. The van der Waals surface area contributed by atoms with Crippen molar-refractivity contribution in [1.29, 1.82) is 0 Å². The minimum absolute atomic E-state index is 0.128. The number of alkyl halides is 3. The van der Waals surface area contributed by atoms with Gasteiger partial charge in [-0.2, -0.15) is 13.2 Å². The van der Waals surface area contributed by atoms with Gasteiger partial charge in [0.1, 0.15) is 0 Å². The van der Waals surface area contributed by atoms with Crippen molar-refractivity contribution >= 4 is 5.91 Å². The van der Waals surface area contributed by atoms with E-state index in [2.05, 4.69) is 22.8 Å². The number of halogens is 3. The fourth-order valence-electron chi connectivity index (χ4n) is 4.68. The molecular weight excluding hydrogens is 403 g/mol. The van der Waals surface area contributed by atoms with E-state index in [1.54, 1.807) is 6.07 Å². The molecule has 1 heterocycles. The molecule has 1 atom stereocenters. The zero-order valence-corrected chi connectivity index (χ0v) is 17.1. The van der Waals surface area contributed by atoms with Gasteiger partial charge in [-0.3, -0.25) is 10.5 Å². The molecule has 31 heavy (non-hydrogen) atoms. The van der Waals surface area contributed by atoms with Crippen molar-refractivity contribution in [2.75, 3.05) is 0 Å². The average molecular weight is 429 g/mol. The minimum Gasteiger partial charge on any atom is -0.356 e. The first kappa shape index (κ1) is 21.4. The topological polar surface area (TPSA) is 67.1 Å². The lowest BCUT2D eigenvalue weighted by atomic mass is 9.76. The molecule has 2 aromatic rings. The molecule has 1 aliphatic carbocycles. The second-order valence-electron chi connectivity index (χ2n) is 8.32. The number of hydrogen-bond donors (Lipinski definition) is 3. The van der Waals surface area contributed by atoms with Gasteiger partial charge < -0.3 is 10.6 Å². The normalized spacial score (nSPS) is 24.5. The minimum atomic E-state index is -4.42. The first-order valence-electron chi connectivity index (χ1n) is 10.6. The summed E-state index contributed by atoms with van der Waals surface area (Å²) in [5.41, 5.74) is 8.27. The molecule has 2 aliphatic rings. The summed E-state index contributed by atoms with van der Waals surface area (Å²) >= 11 is 0. The number of nitrogens with one attached hydrogen (secondary N) is 2. The van der Waals surface area contributed by atoms with E-state index in [0.29, 0.717) is 17.1 Å². The van der Waals surface area contributed by atoms with Crippen molar-refractivity contribution in [1.82, 2.24) is 10.6 Å². The van der Waals surface area contributed by atoms with E-state index in [1.807, 2.05) is 18.2 Å². The Morgan fingerprint density at radius 2 is 1.58 bits per heavy atom. The molecule has 7 heteroatoms. The third-order valence-electron chi connectivity index (χ3n) is 6.24. The summed E-state index contributed by atoms with van der Waals surface area (Å²) in [6.45, 7) is 0. The van der Waals surface area contributed by atoms with Gasteiger partial charge in [-0.1, -0.05) is 48.5 Å². The molecule has 0 radical (unpaired) electrons. The predicted molar refractivity (Wildman–Crippen MR) is 113 cm³/mol. The van der Waals surface area contributed by atoms with E-state index in [0.717, 1.165) is 43.5 Å². The highest BCUT2D eigenvalue weighted by molar-refractivity contribution is 5.95. The molecule has 1 aliphatic heterocycles. The van der Waals surface area contributed by atoms with E-state index in [9.17, 15) is 18.0 Å². The third kappa shape index (κ3) is 4.93. The Labute approximate surface area is 179 Å². The molecule has 0 bridgehead atoms. The van der Waals surface area contributed by atoms with Crippen LogP contribution in [0.3, 0.4) is 0 Å². The summed E-state index contributed by atoms with van der Waals surface area (Å²) in [5.74, 6) is 0.303. The standard InChI is InChI=1S/C24H26F3N3O/c25-24(26,27)19-8-4-5-15(13-19)14-20-21(29-23(28)30-22(20)31)18-11-9-17(10-12-18)16-6-2-1-3-7-16/h1-8,13,17-18,23,29H,9-12,14,28H2,(H,30,31)/t17-,18-,23?. The van der Waals surface area contributed by atoms with Crippen LogP contribution in [0.2, 0.25) is 0 Å². The molecule has 1 unspecified atom stereocenters.